The average Bonchev–Trinajstić information content (AvgIpc) is 1.99. The molecule has 0 aromatic carbocycles. The zero-order valence-electron chi connectivity index (χ0n) is 8.91. The van der Waals surface area contributed by atoms with Gasteiger partial charge in [0.25, 0.3) is 0 Å². The van der Waals surface area contributed by atoms with Crippen LogP contribution in [0.15, 0.2) is 0 Å². The zero-order valence-corrected chi connectivity index (χ0v) is 8.91. The molecule has 1 aliphatic carbocycles. The lowest BCUT2D eigenvalue weighted by molar-refractivity contribution is -0.159. The second kappa shape index (κ2) is 3.59. The van der Waals surface area contributed by atoms with Gasteiger partial charge in [0.2, 0.25) is 5.91 Å². The smallest absolute Gasteiger partial charge is 0.318 e. The quantitative estimate of drug-likeness (QED) is 0.693. The normalized spacial score (nSPS) is 17.4. The molecule has 0 aromatic rings. The molecule has 0 unspecified atom stereocenters. The number of carbonyl (C=O) groups excluding carboxylic acids is 1. The van der Waals surface area contributed by atoms with Gasteiger partial charge in [0.05, 0.1) is 0 Å². The minimum absolute atomic E-state index is 0.251. The maximum absolute atomic E-state index is 11.8. The summed E-state index contributed by atoms with van der Waals surface area (Å²) in [6.45, 7) is 2.90. The van der Waals surface area contributed by atoms with Crippen LogP contribution in [0.4, 0.5) is 0 Å². The molecule has 0 aliphatic heterocycles. The fourth-order valence-corrected chi connectivity index (χ4v) is 1.47. The molecule has 80 valence electrons. The molecular weight excluding hydrogens is 182 g/mol. The van der Waals surface area contributed by atoms with Crippen LogP contribution in [0.3, 0.4) is 0 Å². The fraction of sp³-hybridized carbons (Fsp3) is 0.800. The highest BCUT2D eigenvalue weighted by Gasteiger charge is 2.40. The van der Waals surface area contributed by atoms with Crippen molar-refractivity contribution in [2.75, 3.05) is 7.05 Å². The predicted molar refractivity (Wildman–Crippen MR) is 51.8 cm³/mol. The van der Waals surface area contributed by atoms with Crippen molar-refractivity contribution in [1.82, 2.24) is 4.90 Å². The lowest BCUT2D eigenvalue weighted by Crippen LogP contribution is -2.49. The highest BCUT2D eigenvalue weighted by atomic mass is 16.4. The summed E-state index contributed by atoms with van der Waals surface area (Å²) in [5, 5.41) is 8.89. The van der Waals surface area contributed by atoms with E-state index in [0.717, 1.165) is 19.3 Å². The van der Waals surface area contributed by atoms with Crippen molar-refractivity contribution < 1.29 is 14.7 Å². The van der Waals surface area contributed by atoms with Crippen molar-refractivity contribution in [2.24, 2.45) is 5.41 Å². The molecule has 0 aromatic heterocycles. The molecule has 0 spiro atoms. The summed E-state index contributed by atoms with van der Waals surface area (Å²) in [5.41, 5.74) is -1.30. The first-order valence-corrected chi connectivity index (χ1v) is 4.88. The van der Waals surface area contributed by atoms with E-state index < -0.39 is 11.4 Å². The Labute approximate surface area is 83.9 Å². The van der Waals surface area contributed by atoms with E-state index in [4.69, 9.17) is 5.11 Å². The van der Waals surface area contributed by atoms with E-state index in [1.807, 2.05) is 0 Å². The molecule has 0 heterocycles. The Morgan fingerprint density at radius 2 is 1.86 bits per heavy atom. The second-order valence-electron chi connectivity index (χ2n) is 4.43. The molecule has 1 N–H and O–H groups in total. The molecule has 14 heavy (non-hydrogen) atoms. The summed E-state index contributed by atoms with van der Waals surface area (Å²) < 4.78 is 0. The van der Waals surface area contributed by atoms with Crippen LogP contribution in [0.2, 0.25) is 0 Å². The molecule has 4 heteroatoms. The molecule has 0 bridgehead atoms. The number of nitrogens with zero attached hydrogens (tertiary/aromatic N) is 1. The van der Waals surface area contributed by atoms with Gasteiger partial charge < -0.3 is 10.0 Å². The van der Waals surface area contributed by atoms with Gasteiger partial charge in [-0.1, -0.05) is 0 Å². The Hall–Kier alpha value is -1.06. The topological polar surface area (TPSA) is 57.6 Å². The molecule has 0 saturated heterocycles. The summed E-state index contributed by atoms with van der Waals surface area (Å²) >= 11 is 0. The van der Waals surface area contributed by atoms with Crippen molar-refractivity contribution in [2.45, 2.75) is 39.2 Å². The summed E-state index contributed by atoms with van der Waals surface area (Å²) in [6.07, 6.45) is 3.13. The predicted octanol–water partition coefficient (Wildman–Crippen LogP) is 1.11. The summed E-state index contributed by atoms with van der Waals surface area (Å²) in [6, 6.07) is 0.251. The van der Waals surface area contributed by atoms with E-state index in [0.29, 0.717) is 0 Å². The molecule has 0 atom stereocenters. The van der Waals surface area contributed by atoms with Crippen LogP contribution in [-0.2, 0) is 9.59 Å². The molecule has 4 nitrogen and oxygen atoms in total. The van der Waals surface area contributed by atoms with Gasteiger partial charge in [-0.3, -0.25) is 9.59 Å². The van der Waals surface area contributed by atoms with E-state index in [-0.39, 0.29) is 11.9 Å². The lowest BCUT2D eigenvalue weighted by atomic mass is 9.87. The first kappa shape index (κ1) is 11.0. The Bertz CT molecular complexity index is 256. The van der Waals surface area contributed by atoms with E-state index in [1.54, 1.807) is 11.9 Å². The maximum Gasteiger partial charge on any atom is 0.318 e. The maximum atomic E-state index is 11.8. The summed E-state index contributed by atoms with van der Waals surface area (Å²) in [7, 11) is 1.69. The van der Waals surface area contributed by atoms with Crippen LogP contribution in [-0.4, -0.2) is 35.0 Å². The Kier molecular flexibility index (Phi) is 2.83. The van der Waals surface area contributed by atoms with Gasteiger partial charge in [0, 0.05) is 13.1 Å². The van der Waals surface area contributed by atoms with Crippen molar-refractivity contribution in [1.29, 1.82) is 0 Å². The van der Waals surface area contributed by atoms with Crippen LogP contribution in [0.25, 0.3) is 0 Å². The Morgan fingerprint density at radius 3 is 2.14 bits per heavy atom. The zero-order chi connectivity index (χ0) is 10.9. The third-order valence-corrected chi connectivity index (χ3v) is 3.01. The summed E-state index contributed by atoms with van der Waals surface area (Å²) in [5.74, 6) is -1.36. The molecular formula is C10H17NO3. The number of hydrogen-bond donors (Lipinski definition) is 1. The molecule has 1 rings (SSSR count). The van der Waals surface area contributed by atoms with Gasteiger partial charge in [0.1, 0.15) is 5.41 Å². The first-order chi connectivity index (χ1) is 6.37. The Balaban J connectivity index is 2.67. The van der Waals surface area contributed by atoms with Crippen molar-refractivity contribution >= 4 is 11.9 Å². The van der Waals surface area contributed by atoms with Crippen LogP contribution in [0.1, 0.15) is 33.1 Å². The Morgan fingerprint density at radius 1 is 1.36 bits per heavy atom. The number of amides is 1. The van der Waals surface area contributed by atoms with Gasteiger partial charge >= 0.3 is 5.97 Å². The molecule has 0 radical (unpaired) electrons. The molecule has 1 amide bonds. The van der Waals surface area contributed by atoms with E-state index >= 15 is 0 Å². The van der Waals surface area contributed by atoms with Gasteiger partial charge in [0.15, 0.2) is 0 Å². The number of carboxylic acids is 1. The number of aliphatic carboxylic acids is 1. The lowest BCUT2D eigenvalue weighted by Gasteiger charge is -2.37. The monoisotopic (exact) mass is 199 g/mol. The second-order valence-corrected chi connectivity index (χ2v) is 4.43. The van der Waals surface area contributed by atoms with Crippen molar-refractivity contribution in [3.05, 3.63) is 0 Å². The highest BCUT2D eigenvalue weighted by Crippen LogP contribution is 2.28. The minimum atomic E-state index is -1.30. The van der Waals surface area contributed by atoms with Crippen LogP contribution in [0.5, 0.6) is 0 Å². The molecule has 1 aliphatic rings. The third kappa shape index (κ3) is 1.74. The SMILES string of the molecule is CN(C(=O)C(C)(C)C(=O)O)C1CCC1. The standard InChI is InChI=1S/C10H17NO3/c1-10(2,9(13)14)8(12)11(3)7-5-4-6-7/h7H,4-6H2,1-3H3,(H,13,14). The highest BCUT2D eigenvalue weighted by molar-refractivity contribution is 6.01. The number of carbonyl (C=O) groups is 2. The van der Waals surface area contributed by atoms with Crippen molar-refractivity contribution in [3.63, 3.8) is 0 Å². The minimum Gasteiger partial charge on any atom is -0.480 e. The van der Waals surface area contributed by atoms with Gasteiger partial charge in [-0.15, -0.1) is 0 Å². The van der Waals surface area contributed by atoms with Crippen LogP contribution >= 0.6 is 0 Å². The molecule has 1 saturated carbocycles. The first-order valence-electron chi connectivity index (χ1n) is 4.88. The third-order valence-electron chi connectivity index (χ3n) is 3.01. The number of rotatable bonds is 3. The van der Waals surface area contributed by atoms with Crippen LogP contribution < -0.4 is 0 Å². The van der Waals surface area contributed by atoms with Crippen LogP contribution in [0, 0.1) is 5.41 Å². The van der Waals surface area contributed by atoms with E-state index in [1.165, 1.54) is 13.8 Å². The van der Waals surface area contributed by atoms with Crippen molar-refractivity contribution in [3.8, 4) is 0 Å². The number of hydrogen-bond acceptors (Lipinski definition) is 2. The van der Waals surface area contributed by atoms with Gasteiger partial charge in [-0.25, -0.2) is 0 Å². The van der Waals surface area contributed by atoms with Gasteiger partial charge in [-0.05, 0) is 33.1 Å². The largest absolute Gasteiger partial charge is 0.480 e. The average molecular weight is 199 g/mol. The van der Waals surface area contributed by atoms with E-state index in [9.17, 15) is 9.59 Å². The summed E-state index contributed by atoms with van der Waals surface area (Å²) in [4.78, 5) is 24.2. The molecule has 1 fully saturated rings. The van der Waals surface area contributed by atoms with E-state index in [2.05, 4.69) is 0 Å². The van der Waals surface area contributed by atoms with Gasteiger partial charge in [-0.2, -0.15) is 0 Å². The number of carboxylic acid groups (broad SMARTS) is 1. The fourth-order valence-electron chi connectivity index (χ4n) is 1.47.